The fourth-order valence-electron chi connectivity index (χ4n) is 5.87. The van der Waals surface area contributed by atoms with Crippen LogP contribution >= 0.6 is 0 Å². The maximum absolute atomic E-state index is 14.1. The van der Waals surface area contributed by atoms with E-state index in [1.54, 1.807) is 18.3 Å². The zero-order chi connectivity index (χ0) is 30.1. The summed E-state index contributed by atoms with van der Waals surface area (Å²) in [5.41, 5.74) is 3.14. The number of hydrogen-bond donors (Lipinski definition) is 3. The summed E-state index contributed by atoms with van der Waals surface area (Å²) in [6.45, 7) is 8.34. The van der Waals surface area contributed by atoms with Crippen molar-refractivity contribution in [1.29, 1.82) is 0 Å². The second-order valence-electron chi connectivity index (χ2n) is 11.2. The van der Waals surface area contributed by atoms with E-state index >= 15 is 0 Å². The van der Waals surface area contributed by atoms with Crippen molar-refractivity contribution in [2.75, 3.05) is 43.4 Å². The van der Waals surface area contributed by atoms with Crippen molar-refractivity contribution in [1.82, 2.24) is 19.8 Å². The van der Waals surface area contributed by atoms with Gasteiger partial charge in [-0.15, -0.1) is 0 Å². The number of aryl methyl sites for hydroxylation is 2. The third-order valence-electron chi connectivity index (χ3n) is 8.27. The van der Waals surface area contributed by atoms with Crippen LogP contribution in [0.3, 0.4) is 0 Å². The highest BCUT2D eigenvalue weighted by molar-refractivity contribution is 5.97. The molecule has 11 heteroatoms. The Labute approximate surface area is 248 Å². The lowest BCUT2D eigenvalue weighted by atomic mass is 9.97. The predicted octanol–water partition coefficient (Wildman–Crippen LogP) is 6.19. The zero-order valence-corrected chi connectivity index (χ0v) is 24.2. The molecule has 2 aromatic carbocycles. The Morgan fingerprint density at radius 1 is 1.07 bits per heavy atom. The highest BCUT2D eigenvalue weighted by Crippen LogP contribution is 2.36. The number of aromatic amines is 1. The van der Waals surface area contributed by atoms with E-state index < -0.39 is 17.8 Å². The van der Waals surface area contributed by atoms with Crippen molar-refractivity contribution in [3.8, 4) is 11.5 Å². The molecule has 1 fully saturated rings. The number of H-pyrrole nitrogens is 1. The van der Waals surface area contributed by atoms with E-state index in [1.165, 1.54) is 6.07 Å². The normalized spacial score (nSPS) is 17.8. The van der Waals surface area contributed by atoms with Gasteiger partial charge < -0.3 is 25.3 Å². The van der Waals surface area contributed by atoms with Crippen molar-refractivity contribution in [3.63, 3.8) is 0 Å². The fourth-order valence-corrected chi connectivity index (χ4v) is 5.87. The van der Waals surface area contributed by atoms with Gasteiger partial charge in [-0.3, -0.25) is 9.69 Å². The number of alkyl halides is 3. The first-order valence-electron chi connectivity index (χ1n) is 14.6. The SMILES string of the molecule is CCN1CCN(Cc2ccc(NC(=O)C3CCc4ccc(Oc5ccnc6[nH]c(C)cc56)cc4N3)cc2C(F)(F)F)CC1. The molecule has 2 aromatic heterocycles. The van der Waals surface area contributed by atoms with E-state index in [4.69, 9.17) is 4.74 Å². The van der Waals surface area contributed by atoms with Crippen LogP contribution in [0.1, 0.15) is 35.7 Å². The lowest BCUT2D eigenvalue weighted by Gasteiger charge is -2.34. The van der Waals surface area contributed by atoms with Gasteiger partial charge in [-0.25, -0.2) is 4.98 Å². The van der Waals surface area contributed by atoms with Crippen molar-refractivity contribution in [3.05, 3.63) is 77.1 Å². The second-order valence-corrected chi connectivity index (χ2v) is 11.2. The number of halogens is 3. The number of carbonyl (C=O) groups is 1. The van der Waals surface area contributed by atoms with E-state index in [2.05, 4.69) is 32.4 Å². The third kappa shape index (κ3) is 6.47. The molecule has 0 aliphatic carbocycles. The number of nitrogens with zero attached hydrogens (tertiary/aromatic N) is 3. The molecule has 6 rings (SSSR count). The van der Waals surface area contributed by atoms with Gasteiger partial charge >= 0.3 is 6.18 Å². The molecule has 4 heterocycles. The van der Waals surface area contributed by atoms with Gasteiger partial charge in [0, 0.05) is 62.1 Å². The molecule has 8 nitrogen and oxygen atoms in total. The second kappa shape index (κ2) is 11.9. The number of piperazine rings is 1. The number of rotatable bonds is 7. The Morgan fingerprint density at radius 3 is 2.63 bits per heavy atom. The molecule has 226 valence electrons. The minimum Gasteiger partial charge on any atom is -0.456 e. The Bertz CT molecular complexity index is 1630. The maximum atomic E-state index is 14.1. The minimum atomic E-state index is -4.53. The average Bonchev–Trinajstić information content (AvgIpc) is 3.38. The number of hydrogen-bond acceptors (Lipinski definition) is 6. The number of aromatic nitrogens is 2. The molecule has 1 unspecified atom stereocenters. The van der Waals surface area contributed by atoms with Gasteiger partial charge in [0.15, 0.2) is 0 Å². The maximum Gasteiger partial charge on any atom is 0.416 e. The van der Waals surface area contributed by atoms with Crippen molar-refractivity contribution >= 4 is 28.3 Å². The molecule has 1 saturated heterocycles. The molecule has 0 spiro atoms. The van der Waals surface area contributed by atoms with Gasteiger partial charge in [-0.1, -0.05) is 19.1 Å². The van der Waals surface area contributed by atoms with Crippen LogP contribution in [-0.4, -0.2) is 64.4 Å². The topological polar surface area (TPSA) is 85.5 Å². The van der Waals surface area contributed by atoms with Crippen molar-refractivity contribution in [2.24, 2.45) is 0 Å². The van der Waals surface area contributed by atoms with Gasteiger partial charge in [-0.2, -0.15) is 13.2 Å². The van der Waals surface area contributed by atoms with Gasteiger partial charge in [-0.05, 0) is 67.8 Å². The van der Waals surface area contributed by atoms with Crippen LogP contribution in [-0.2, 0) is 23.9 Å². The molecular formula is C32H35F3N6O2. The Balaban J connectivity index is 1.14. The highest BCUT2D eigenvalue weighted by atomic mass is 19.4. The number of carbonyl (C=O) groups excluding carboxylic acids is 1. The smallest absolute Gasteiger partial charge is 0.416 e. The van der Waals surface area contributed by atoms with Gasteiger partial charge in [0.1, 0.15) is 23.2 Å². The van der Waals surface area contributed by atoms with E-state index in [1.807, 2.05) is 36.1 Å². The standard InChI is InChI=1S/C32H35F3N6O2/c1-3-40-12-14-41(15-13-40)19-22-4-7-23(17-26(22)32(33,34)35)38-31(42)27-9-6-21-5-8-24(18-28(21)39-27)43-29-10-11-36-30-25(29)16-20(2)37-30/h4-5,7-8,10-11,16-18,27,39H,3,6,9,12-15,19H2,1-2H3,(H,36,37)(H,38,42). The molecule has 1 amide bonds. The van der Waals surface area contributed by atoms with Gasteiger partial charge in [0.25, 0.3) is 0 Å². The first kappa shape index (κ1) is 29.0. The third-order valence-corrected chi connectivity index (χ3v) is 8.27. The first-order chi connectivity index (χ1) is 20.7. The molecule has 3 N–H and O–H groups in total. The van der Waals surface area contributed by atoms with E-state index in [-0.39, 0.29) is 23.7 Å². The number of anilines is 2. The summed E-state index contributed by atoms with van der Waals surface area (Å²) in [6, 6.07) is 13.0. The van der Waals surface area contributed by atoms with Crippen molar-refractivity contribution in [2.45, 2.75) is 45.5 Å². The lowest BCUT2D eigenvalue weighted by Crippen LogP contribution is -2.45. The fraction of sp³-hybridized carbons (Fsp3) is 0.375. The van der Waals surface area contributed by atoms with Crippen LogP contribution in [0.5, 0.6) is 11.5 Å². The molecule has 0 saturated carbocycles. The van der Waals surface area contributed by atoms with E-state index in [0.717, 1.165) is 66.8 Å². The lowest BCUT2D eigenvalue weighted by molar-refractivity contribution is -0.138. The largest absolute Gasteiger partial charge is 0.456 e. The molecule has 0 radical (unpaired) electrons. The summed E-state index contributed by atoms with van der Waals surface area (Å²) >= 11 is 0. The number of benzene rings is 2. The Hall–Kier alpha value is -4.09. The van der Waals surface area contributed by atoms with Crippen LogP contribution in [0.25, 0.3) is 11.0 Å². The quantitative estimate of drug-likeness (QED) is 0.238. The van der Waals surface area contributed by atoms with Crippen LogP contribution in [0, 0.1) is 6.92 Å². The van der Waals surface area contributed by atoms with E-state index in [0.29, 0.717) is 24.3 Å². The number of ether oxygens (including phenoxy) is 1. The summed E-state index contributed by atoms with van der Waals surface area (Å²) in [4.78, 5) is 25.1. The van der Waals surface area contributed by atoms with Gasteiger partial charge in [0.05, 0.1) is 10.9 Å². The summed E-state index contributed by atoms with van der Waals surface area (Å²) in [6.07, 6.45) is -1.69. The van der Waals surface area contributed by atoms with Crippen molar-refractivity contribution < 1.29 is 22.7 Å². The van der Waals surface area contributed by atoms with E-state index in [9.17, 15) is 18.0 Å². The number of amides is 1. The molecule has 4 aromatic rings. The first-order valence-corrected chi connectivity index (χ1v) is 14.6. The molecular weight excluding hydrogens is 557 g/mol. The zero-order valence-electron chi connectivity index (χ0n) is 24.2. The summed E-state index contributed by atoms with van der Waals surface area (Å²) in [7, 11) is 0. The monoisotopic (exact) mass is 592 g/mol. The highest BCUT2D eigenvalue weighted by Gasteiger charge is 2.35. The summed E-state index contributed by atoms with van der Waals surface area (Å²) < 4.78 is 48.4. The van der Waals surface area contributed by atoms with Gasteiger partial charge in [0.2, 0.25) is 5.91 Å². The number of pyridine rings is 1. The minimum absolute atomic E-state index is 0.130. The molecule has 1 atom stereocenters. The van der Waals surface area contributed by atoms with Crippen LogP contribution in [0.2, 0.25) is 0 Å². The molecule has 2 aliphatic rings. The van der Waals surface area contributed by atoms with Crippen LogP contribution in [0.4, 0.5) is 24.5 Å². The number of fused-ring (bicyclic) bond motifs is 2. The molecule has 2 aliphatic heterocycles. The Morgan fingerprint density at radius 2 is 1.86 bits per heavy atom. The molecule has 0 bridgehead atoms. The summed E-state index contributed by atoms with van der Waals surface area (Å²) in [5.74, 6) is 0.874. The predicted molar refractivity (Wildman–Crippen MR) is 161 cm³/mol. The van der Waals surface area contributed by atoms with Crippen LogP contribution in [0.15, 0.2) is 54.7 Å². The average molecular weight is 593 g/mol. The molecule has 43 heavy (non-hydrogen) atoms. The number of nitrogens with one attached hydrogen (secondary N) is 3. The summed E-state index contributed by atoms with van der Waals surface area (Å²) in [5, 5.41) is 6.84. The van der Waals surface area contributed by atoms with Crippen LogP contribution < -0.4 is 15.4 Å². The number of likely N-dealkylation sites (N-methyl/N-ethyl adjacent to an activating group) is 1. The Kier molecular flexibility index (Phi) is 8.02.